The Bertz CT molecular complexity index is 646. The van der Waals surface area contributed by atoms with Crippen molar-refractivity contribution < 1.29 is 76.6 Å². The number of aliphatic hydroxyl groups is 1. The summed E-state index contributed by atoms with van der Waals surface area (Å²) in [6.07, 6.45) is -13.5. The second kappa shape index (κ2) is 8.44. The van der Waals surface area contributed by atoms with Crippen molar-refractivity contribution in [2.45, 2.75) is 54.7 Å². The molecule has 0 fully saturated rings. The maximum Gasteiger partial charge on any atom is 0.460 e. The maximum absolute atomic E-state index is 13.7. The van der Waals surface area contributed by atoms with Gasteiger partial charge in [0.1, 0.15) is 12.6 Å². The van der Waals surface area contributed by atoms with Crippen LogP contribution in [0.2, 0.25) is 0 Å². The minimum Gasteiger partial charge on any atom is -0.481 e. The minimum atomic E-state index is -7.99. The predicted octanol–water partition coefficient (Wildman–Crippen LogP) is 4.03. The second-order valence-electron chi connectivity index (χ2n) is 7.34. The van der Waals surface area contributed by atoms with Crippen molar-refractivity contribution in [3.8, 4) is 0 Å². The third-order valence-electron chi connectivity index (χ3n) is 4.13. The molecule has 0 bridgehead atoms. The van der Waals surface area contributed by atoms with Gasteiger partial charge in [-0.3, -0.25) is 4.79 Å². The summed E-state index contributed by atoms with van der Waals surface area (Å²) in [7, 11) is 2.16. The molecule has 4 nitrogen and oxygen atoms in total. The van der Waals surface area contributed by atoms with Crippen molar-refractivity contribution >= 4 is 5.97 Å². The standard InChI is InChI=1S/C14H16F13NO3/c1-28(2,4-3-8(30)31)6-7(29)5-9(15,16)10(17,18)11(19,20)12(21,22)13(23,24)14(25,26)27/h7,29H,3-6H2,1-2H3/p+1. The van der Waals surface area contributed by atoms with Crippen LogP contribution in [0.5, 0.6) is 0 Å². The van der Waals surface area contributed by atoms with E-state index in [-0.39, 0.29) is 0 Å². The van der Waals surface area contributed by atoms with E-state index in [1.54, 1.807) is 0 Å². The molecule has 186 valence electrons. The average molecular weight is 494 g/mol. The Hall–Kier alpha value is -1.52. The van der Waals surface area contributed by atoms with Crippen LogP contribution in [0.3, 0.4) is 0 Å². The van der Waals surface area contributed by atoms with Crippen LogP contribution < -0.4 is 0 Å². The highest BCUT2D eigenvalue weighted by molar-refractivity contribution is 5.66. The summed E-state index contributed by atoms with van der Waals surface area (Å²) < 4.78 is 168. The van der Waals surface area contributed by atoms with Gasteiger partial charge in [0.25, 0.3) is 0 Å². The molecule has 0 saturated heterocycles. The first-order chi connectivity index (χ1) is 13.3. The SMILES string of the molecule is C[N+](C)(CCC(=O)O)CC(O)CC(F)(F)C(F)(F)C(F)(F)C(F)(F)C(F)(F)C(F)(F)F. The number of halogens is 13. The zero-order valence-electron chi connectivity index (χ0n) is 15.6. The van der Waals surface area contributed by atoms with Crippen LogP contribution in [0.4, 0.5) is 57.1 Å². The first kappa shape index (κ1) is 29.5. The Morgan fingerprint density at radius 3 is 1.52 bits per heavy atom. The third-order valence-corrected chi connectivity index (χ3v) is 4.13. The molecule has 0 aliphatic carbocycles. The molecule has 0 spiro atoms. The van der Waals surface area contributed by atoms with Gasteiger partial charge in [0.15, 0.2) is 0 Å². The van der Waals surface area contributed by atoms with Crippen molar-refractivity contribution in [1.82, 2.24) is 0 Å². The Morgan fingerprint density at radius 2 is 1.16 bits per heavy atom. The predicted molar refractivity (Wildman–Crippen MR) is 75.5 cm³/mol. The van der Waals surface area contributed by atoms with Gasteiger partial charge in [-0.2, -0.15) is 57.1 Å². The molecule has 1 atom stereocenters. The number of carboxylic acids is 1. The molecule has 0 heterocycles. The summed E-state index contributed by atoms with van der Waals surface area (Å²) in [6.45, 7) is -1.42. The van der Waals surface area contributed by atoms with Gasteiger partial charge in [-0.25, -0.2) is 0 Å². The molecular weight excluding hydrogens is 477 g/mol. The fourth-order valence-corrected chi connectivity index (χ4v) is 2.35. The molecule has 0 aromatic heterocycles. The van der Waals surface area contributed by atoms with E-state index < -0.39 is 78.3 Å². The maximum atomic E-state index is 13.7. The van der Waals surface area contributed by atoms with Gasteiger partial charge in [0.2, 0.25) is 0 Å². The summed E-state index contributed by atoms with van der Waals surface area (Å²) in [6, 6.07) is 0. The molecule has 2 N–H and O–H groups in total. The largest absolute Gasteiger partial charge is 0.481 e. The molecule has 0 aliphatic rings. The lowest BCUT2D eigenvalue weighted by Crippen LogP contribution is -2.70. The number of quaternary nitrogens is 1. The molecule has 0 aliphatic heterocycles. The van der Waals surface area contributed by atoms with Gasteiger partial charge >= 0.3 is 41.8 Å². The summed E-state index contributed by atoms with van der Waals surface area (Å²) in [4.78, 5) is 10.5. The lowest BCUT2D eigenvalue weighted by atomic mass is 9.91. The van der Waals surface area contributed by atoms with Gasteiger partial charge in [0, 0.05) is 6.42 Å². The molecule has 1 unspecified atom stereocenters. The number of carboxylic acid groups (broad SMARTS) is 1. The zero-order valence-corrected chi connectivity index (χ0v) is 15.6. The lowest BCUT2D eigenvalue weighted by molar-refractivity contribution is -0.893. The quantitative estimate of drug-likeness (QED) is 0.337. The highest BCUT2D eigenvalue weighted by Gasteiger charge is 2.90. The van der Waals surface area contributed by atoms with E-state index in [2.05, 4.69) is 0 Å². The van der Waals surface area contributed by atoms with Crippen LogP contribution in [-0.4, -0.2) is 89.7 Å². The molecule has 0 rings (SSSR count). The van der Waals surface area contributed by atoms with Crippen LogP contribution in [0.1, 0.15) is 12.8 Å². The van der Waals surface area contributed by atoms with E-state index in [0.717, 1.165) is 14.1 Å². The summed E-state index contributed by atoms with van der Waals surface area (Å²) in [5.41, 5.74) is 0. The number of likely N-dealkylation sites (N-methyl/N-ethyl adjacent to an activating group) is 1. The van der Waals surface area contributed by atoms with Crippen LogP contribution in [-0.2, 0) is 4.79 Å². The van der Waals surface area contributed by atoms with Gasteiger partial charge in [0.05, 0.1) is 27.1 Å². The molecular formula is C14H17F13NO3+. The number of hydrogen-bond donors (Lipinski definition) is 2. The molecule has 0 aromatic rings. The smallest absolute Gasteiger partial charge is 0.460 e. The van der Waals surface area contributed by atoms with E-state index in [1.807, 2.05) is 0 Å². The van der Waals surface area contributed by atoms with Crippen LogP contribution in [0.15, 0.2) is 0 Å². The van der Waals surface area contributed by atoms with E-state index >= 15 is 0 Å². The van der Waals surface area contributed by atoms with Crippen molar-refractivity contribution in [3.05, 3.63) is 0 Å². The molecule has 0 saturated carbocycles. The minimum absolute atomic E-state index is 0.402. The van der Waals surface area contributed by atoms with Crippen molar-refractivity contribution in [1.29, 1.82) is 0 Å². The van der Waals surface area contributed by atoms with Gasteiger partial charge in [-0.1, -0.05) is 0 Å². The molecule has 0 amide bonds. The fraction of sp³-hybridized carbons (Fsp3) is 0.929. The first-order valence-corrected chi connectivity index (χ1v) is 7.94. The van der Waals surface area contributed by atoms with Gasteiger partial charge in [-0.05, 0) is 0 Å². The van der Waals surface area contributed by atoms with Gasteiger partial charge in [-0.15, -0.1) is 0 Å². The number of nitrogens with zero attached hydrogens (tertiary/aromatic N) is 1. The Kier molecular flexibility index (Phi) is 8.03. The number of aliphatic hydroxyl groups excluding tert-OH is 1. The van der Waals surface area contributed by atoms with E-state index in [4.69, 9.17) is 5.11 Å². The van der Waals surface area contributed by atoms with E-state index in [1.165, 1.54) is 0 Å². The van der Waals surface area contributed by atoms with Crippen LogP contribution in [0.25, 0.3) is 0 Å². The number of hydrogen-bond acceptors (Lipinski definition) is 2. The Labute approximate surface area is 165 Å². The number of carbonyl (C=O) groups is 1. The zero-order chi connectivity index (χ0) is 25.5. The number of rotatable bonds is 11. The van der Waals surface area contributed by atoms with Crippen molar-refractivity contribution in [2.24, 2.45) is 0 Å². The lowest BCUT2D eigenvalue weighted by Gasteiger charge is -2.40. The molecule has 31 heavy (non-hydrogen) atoms. The highest BCUT2D eigenvalue weighted by Crippen LogP contribution is 2.60. The number of alkyl halides is 13. The highest BCUT2D eigenvalue weighted by atomic mass is 19.4. The number of aliphatic carboxylic acids is 1. The Balaban J connectivity index is 5.84. The van der Waals surface area contributed by atoms with Crippen LogP contribution in [0, 0.1) is 0 Å². The average Bonchev–Trinajstić information content (AvgIpc) is 2.49. The van der Waals surface area contributed by atoms with Crippen molar-refractivity contribution in [2.75, 3.05) is 27.2 Å². The second-order valence-corrected chi connectivity index (χ2v) is 7.34. The summed E-state index contributed by atoms with van der Waals surface area (Å²) in [5, 5.41) is 18.0. The Morgan fingerprint density at radius 1 is 0.774 bits per heavy atom. The summed E-state index contributed by atoms with van der Waals surface area (Å²) in [5.74, 6) is -38.9. The third kappa shape index (κ3) is 5.64. The van der Waals surface area contributed by atoms with E-state index in [0.29, 0.717) is 0 Å². The normalized spacial score (nSPS) is 16.4. The van der Waals surface area contributed by atoms with E-state index in [9.17, 15) is 67.0 Å². The summed E-state index contributed by atoms with van der Waals surface area (Å²) >= 11 is 0. The molecule has 17 heteroatoms. The molecule has 0 aromatic carbocycles. The monoisotopic (exact) mass is 494 g/mol. The first-order valence-electron chi connectivity index (χ1n) is 7.94. The van der Waals surface area contributed by atoms with Gasteiger partial charge < -0.3 is 14.7 Å². The fourth-order valence-electron chi connectivity index (χ4n) is 2.35. The van der Waals surface area contributed by atoms with Crippen LogP contribution >= 0.6 is 0 Å². The van der Waals surface area contributed by atoms with Crippen molar-refractivity contribution in [3.63, 3.8) is 0 Å². The topological polar surface area (TPSA) is 57.5 Å². The molecule has 0 radical (unpaired) electrons.